The van der Waals surface area contributed by atoms with Gasteiger partial charge >= 0.3 is 6.18 Å². The normalized spacial score (nSPS) is 22.9. The van der Waals surface area contributed by atoms with Crippen molar-refractivity contribution in [1.29, 1.82) is 0 Å². The summed E-state index contributed by atoms with van der Waals surface area (Å²) in [5.74, 6) is -1.89. The number of para-hydroxylation sites is 2. The quantitative estimate of drug-likeness (QED) is 0.192. The van der Waals surface area contributed by atoms with Gasteiger partial charge in [-0.15, -0.1) is 11.8 Å². The first-order chi connectivity index (χ1) is 27.0. The highest BCUT2D eigenvalue weighted by Crippen LogP contribution is 2.40. The van der Waals surface area contributed by atoms with Gasteiger partial charge in [-0.2, -0.15) is 13.2 Å². The minimum absolute atomic E-state index is 0.153. The topological polar surface area (TPSA) is 108 Å². The number of ether oxygens (including phenoxy) is 1. The minimum Gasteiger partial charge on any atom is -0.495 e. The van der Waals surface area contributed by atoms with Gasteiger partial charge in [-0.05, 0) is 99.6 Å². The van der Waals surface area contributed by atoms with Crippen molar-refractivity contribution >= 4 is 41.1 Å². The van der Waals surface area contributed by atoms with Crippen LogP contribution in [0.25, 0.3) is 0 Å². The first-order valence-electron chi connectivity index (χ1n) is 19.7. The summed E-state index contributed by atoms with van der Waals surface area (Å²) in [6, 6.07) is 22.6. The molecule has 6 atom stereocenters. The van der Waals surface area contributed by atoms with Crippen molar-refractivity contribution in [3.8, 4) is 5.75 Å². The maximum atomic E-state index is 14.3. The molecule has 0 aliphatic carbocycles. The van der Waals surface area contributed by atoms with Crippen molar-refractivity contribution in [2.24, 2.45) is 11.8 Å². The summed E-state index contributed by atoms with van der Waals surface area (Å²) in [4.78, 5) is 58.9. The summed E-state index contributed by atoms with van der Waals surface area (Å²) in [5.41, 5.74) is 2.46. The second-order valence-electron chi connectivity index (χ2n) is 15.0. The molecule has 3 aliphatic heterocycles. The van der Waals surface area contributed by atoms with E-state index in [9.17, 15) is 32.3 Å². The summed E-state index contributed by atoms with van der Waals surface area (Å²) in [5, 5.41) is 5.37. The Labute approximate surface area is 331 Å². The number of rotatable bonds is 13. The van der Waals surface area contributed by atoms with Crippen molar-refractivity contribution < 1.29 is 37.1 Å². The number of thioether (sulfide) groups is 1. The monoisotopic (exact) mass is 792 g/mol. The van der Waals surface area contributed by atoms with Crippen LogP contribution in [0.15, 0.2) is 84.9 Å². The van der Waals surface area contributed by atoms with Crippen LogP contribution in [0.2, 0.25) is 0 Å². The van der Waals surface area contributed by atoms with Gasteiger partial charge in [0.25, 0.3) is 0 Å². The third kappa shape index (κ3) is 10.3. The van der Waals surface area contributed by atoms with Gasteiger partial charge < -0.3 is 25.2 Å². The van der Waals surface area contributed by atoms with E-state index < -0.39 is 53.3 Å². The molecule has 0 spiro atoms. The SMILES string of the molecule is COc1ccccc1N1CCCC[C@H](NC(=O)[C@H](CC[C@H](Cc2ccccc2)C(=O)N[C@H]2CCS[C@H]3CCC[C@@H](C(F)(F)F)N3C2=O)Cc2ccccc2)C1=O. The van der Waals surface area contributed by atoms with Crippen LogP contribution in [0, 0.1) is 11.8 Å². The van der Waals surface area contributed by atoms with Gasteiger partial charge in [0.15, 0.2) is 0 Å². The number of nitrogens with zero attached hydrogens (tertiary/aromatic N) is 2. The lowest BCUT2D eigenvalue weighted by molar-refractivity contribution is -0.198. The fourth-order valence-electron chi connectivity index (χ4n) is 8.20. The minimum atomic E-state index is -4.56. The van der Waals surface area contributed by atoms with Gasteiger partial charge in [0.1, 0.15) is 23.9 Å². The molecule has 9 nitrogen and oxygen atoms in total. The molecular formula is C43H51F3N4O5S. The van der Waals surface area contributed by atoms with Crippen LogP contribution in [-0.4, -0.2) is 77.6 Å². The molecule has 3 fully saturated rings. The number of hydrogen-bond donors (Lipinski definition) is 2. The molecule has 13 heteroatoms. The lowest BCUT2D eigenvalue weighted by Gasteiger charge is -2.42. The molecule has 3 saturated heterocycles. The van der Waals surface area contributed by atoms with Crippen LogP contribution in [0.3, 0.4) is 0 Å². The summed E-state index contributed by atoms with van der Waals surface area (Å²) >= 11 is 1.34. The Bertz CT molecular complexity index is 1800. The highest BCUT2D eigenvalue weighted by Gasteiger charge is 2.51. The van der Waals surface area contributed by atoms with Crippen molar-refractivity contribution in [1.82, 2.24) is 15.5 Å². The number of nitrogens with one attached hydrogen (secondary N) is 2. The van der Waals surface area contributed by atoms with Crippen LogP contribution >= 0.6 is 11.8 Å². The molecule has 0 saturated carbocycles. The molecule has 0 unspecified atom stereocenters. The van der Waals surface area contributed by atoms with Gasteiger partial charge in [-0.3, -0.25) is 19.2 Å². The van der Waals surface area contributed by atoms with Gasteiger partial charge in [-0.1, -0.05) is 72.8 Å². The van der Waals surface area contributed by atoms with E-state index in [4.69, 9.17) is 4.74 Å². The van der Waals surface area contributed by atoms with E-state index in [0.717, 1.165) is 28.9 Å². The highest BCUT2D eigenvalue weighted by atomic mass is 32.2. The Kier molecular flexibility index (Phi) is 14.0. The second kappa shape index (κ2) is 19.1. The van der Waals surface area contributed by atoms with Crippen LogP contribution in [0.1, 0.15) is 68.9 Å². The van der Waals surface area contributed by atoms with E-state index in [1.54, 1.807) is 18.1 Å². The molecule has 0 aromatic heterocycles. The van der Waals surface area contributed by atoms with Crippen molar-refractivity contribution in [2.75, 3.05) is 24.3 Å². The zero-order valence-corrected chi connectivity index (χ0v) is 32.5. The predicted molar refractivity (Wildman–Crippen MR) is 211 cm³/mol. The fourth-order valence-corrected chi connectivity index (χ4v) is 9.59. The molecule has 6 rings (SSSR count). The van der Waals surface area contributed by atoms with E-state index in [1.807, 2.05) is 78.9 Å². The van der Waals surface area contributed by atoms with Crippen LogP contribution < -0.4 is 20.3 Å². The smallest absolute Gasteiger partial charge is 0.408 e. The van der Waals surface area contributed by atoms with E-state index in [0.29, 0.717) is 62.3 Å². The van der Waals surface area contributed by atoms with Crippen LogP contribution in [-0.2, 0) is 32.0 Å². The maximum Gasteiger partial charge on any atom is 0.408 e. The van der Waals surface area contributed by atoms with Crippen molar-refractivity contribution in [2.45, 2.75) is 100 Å². The summed E-state index contributed by atoms with van der Waals surface area (Å²) < 4.78 is 48.0. The number of anilines is 1. The molecule has 56 heavy (non-hydrogen) atoms. The molecule has 3 aliphatic rings. The number of fused-ring (bicyclic) bond motifs is 1. The molecule has 0 radical (unpaired) electrons. The van der Waals surface area contributed by atoms with E-state index in [1.165, 1.54) is 11.8 Å². The highest BCUT2D eigenvalue weighted by molar-refractivity contribution is 7.99. The number of carbonyl (C=O) groups is 4. The average Bonchev–Trinajstić information content (AvgIpc) is 3.48. The van der Waals surface area contributed by atoms with E-state index in [2.05, 4.69) is 10.6 Å². The third-order valence-electron chi connectivity index (χ3n) is 11.2. The Morgan fingerprint density at radius 2 is 1.32 bits per heavy atom. The lowest BCUT2D eigenvalue weighted by Crippen LogP contribution is -2.59. The fraction of sp³-hybridized carbons (Fsp3) is 0.488. The molecule has 3 heterocycles. The Morgan fingerprint density at radius 3 is 1.91 bits per heavy atom. The number of alkyl halides is 3. The number of hydrogen-bond acceptors (Lipinski definition) is 6. The first kappa shape index (κ1) is 41.1. The molecule has 4 amide bonds. The summed E-state index contributed by atoms with van der Waals surface area (Å²) in [6.07, 6.45) is -0.393. The Hall–Kier alpha value is -4.52. The molecule has 0 bridgehead atoms. The zero-order chi connectivity index (χ0) is 39.7. The predicted octanol–water partition coefficient (Wildman–Crippen LogP) is 7.09. The largest absolute Gasteiger partial charge is 0.495 e. The average molecular weight is 793 g/mol. The number of carbonyl (C=O) groups excluding carboxylic acids is 4. The Balaban J connectivity index is 1.21. The summed E-state index contributed by atoms with van der Waals surface area (Å²) in [6.45, 7) is 0.493. The number of methoxy groups -OCH3 is 1. The molecule has 300 valence electrons. The summed E-state index contributed by atoms with van der Waals surface area (Å²) in [7, 11) is 1.56. The van der Waals surface area contributed by atoms with E-state index >= 15 is 0 Å². The molecule has 3 aromatic rings. The van der Waals surface area contributed by atoms with E-state index in [-0.39, 0.29) is 31.1 Å². The molecule has 2 N–H and O–H groups in total. The second-order valence-corrected chi connectivity index (χ2v) is 16.3. The van der Waals surface area contributed by atoms with Gasteiger partial charge in [0.05, 0.1) is 18.2 Å². The maximum absolute atomic E-state index is 14.3. The van der Waals surface area contributed by atoms with Gasteiger partial charge in [0.2, 0.25) is 23.6 Å². The van der Waals surface area contributed by atoms with Gasteiger partial charge in [-0.25, -0.2) is 0 Å². The first-order valence-corrected chi connectivity index (χ1v) is 20.7. The van der Waals surface area contributed by atoms with Crippen molar-refractivity contribution in [3.63, 3.8) is 0 Å². The van der Waals surface area contributed by atoms with Crippen LogP contribution in [0.5, 0.6) is 5.75 Å². The molecular weight excluding hydrogens is 742 g/mol. The number of piperidine rings is 1. The number of halogens is 3. The number of amides is 4. The number of benzene rings is 3. The van der Waals surface area contributed by atoms with Gasteiger partial charge in [0, 0.05) is 18.4 Å². The Morgan fingerprint density at radius 1 is 0.750 bits per heavy atom. The zero-order valence-electron chi connectivity index (χ0n) is 31.7. The van der Waals surface area contributed by atoms with Crippen LogP contribution in [0.4, 0.5) is 18.9 Å². The lowest BCUT2D eigenvalue weighted by atomic mass is 9.86. The third-order valence-corrected chi connectivity index (χ3v) is 12.5. The standard InChI is InChI=1S/C43H51F3N4O5S/c1-55-36-19-9-8-18-35(36)49-25-11-10-17-33(41(49)53)47-39(51)31(27-29-13-4-2-5-14-29)22-23-32(28-30-15-6-3-7-16-30)40(52)48-34-24-26-56-38-21-12-20-37(43(44,45)46)50(38)42(34)54/h2-9,13-16,18-19,31-34,37-38H,10-12,17,20-28H2,1H3,(H,47,51)(H,48,52)/t31-,32-,33+,34+,37+,38+/m1/s1. The molecule has 3 aromatic carbocycles. The van der Waals surface area contributed by atoms with Crippen molar-refractivity contribution in [3.05, 3.63) is 96.1 Å².